The zero-order valence-corrected chi connectivity index (χ0v) is 21.7. The predicted molar refractivity (Wildman–Crippen MR) is 142 cm³/mol. The third-order valence-electron chi connectivity index (χ3n) is 8.11. The molecule has 1 N–H and O–H groups in total. The second-order valence-electron chi connectivity index (χ2n) is 11.5. The molecule has 2 heterocycles. The summed E-state index contributed by atoms with van der Waals surface area (Å²) in [6, 6.07) is 7.71. The van der Waals surface area contributed by atoms with E-state index in [9.17, 15) is 0 Å². The highest BCUT2D eigenvalue weighted by Gasteiger charge is 2.28. The molecule has 4 nitrogen and oxygen atoms in total. The fourth-order valence-corrected chi connectivity index (χ4v) is 5.69. The fraction of sp³-hybridized carbons (Fsp3) is 0.724. The van der Waals surface area contributed by atoms with Crippen LogP contribution in [-0.4, -0.2) is 56.9 Å². The van der Waals surface area contributed by atoms with Gasteiger partial charge in [-0.05, 0) is 74.1 Å². The third-order valence-corrected chi connectivity index (χ3v) is 8.11. The molecule has 1 unspecified atom stereocenters. The predicted octanol–water partition coefficient (Wildman–Crippen LogP) is 6.43. The van der Waals surface area contributed by atoms with Crippen LogP contribution in [0.3, 0.4) is 0 Å². The van der Waals surface area contributed by atoms with E-state index in [-0.39, 0.29) is 0 Å². The van der Waals surface area contributed by atoms with Crippen molar-refractivity contribution < 1.29 is 4.74 Å². The molecule has 1 aliphatic carbocycles. The summed E-state index contributed by atoms with van der Waals surface area (Å²) in [6.45, 7) is 17.1. The second kappa shape index (κ2) is 11.3. The van der Waals surface area contributed by atoms with Gasteiger partial charge in [0.25, 0.3) is 0 Å². The molecule has 2 saturated heterocycles. The zero-order chi connectivity index (χ0) is 23.3. The van der Waals surface area contributed by atoms with Crippen LogP contribution < -0.4 is 10.2 Å². The lowest BCUT2D eigenvalue weighted by molar-refractivity contribution is 0.0904. The van der Waals surface area contributed by atoms with Crippen LogP contribution >= 0.6 is 0 Å². The summed E-state index contributed by atoms with van der Waals surface area (Å²) >= 11 is 0. The van der Waals surface area contributed by atoms with Crippen LogP contribution in [0.4, 0.5) is 11.4 Å². The number of rotatable bonds is 7. The number of unbranched alkanes of at least 4 members (excludes halogenated alkanes) is 1. The summed E-state index contributed by atoms with van der Waals surface area (Å²) in [5.74, 6) is 0.793. The number of hydrogen-bond donors (Lipinski definition) is 1. The molecule has 0 saturated carbocycles. The van der Waals surface area contributed by atoms with E-state index in [1.807, 2.05) is 0 Å². The maximum atomic E-state index is 5.56. The lowest BCUT2D eigenvalue weighted by Crippen LogP contribution is -2.47. The topological polar surface area (TPSA) is 27.7 Å². The molecule has 0 amide bonds. The maximum absolute atomic E-state index is 5.56. The Morgan fingerprint density at radius 1 is 1.03 bits per heavy atom. The van der Waals surface area contributed by atoms with Crippen LogP contribution in [0.25, 0.3) is 5.57 Å². The molecule has 4 rings (SSSR count). The van der Waals surface area contributed by atoms with Crippen LogP contribution in [0.15, 0.2) is 24.3 Å². The van der Waals surface area contributed by atoms with Gasteiger partial charge in [-0.3, -0.25) is 4.90 Å². The van der Waals surface area contributed by atoms with Crippen molar-refractivity contribution in [1.29, 1.82) is 0 Å². The van der Waals surface area contributed by atoms with Crippen molar-refractivity contribution in [3.8, 4) is 0 Å². The molecule has 0 spiro atoms. The Labute approximate surface area is 202 Å². The number of benzene rings is 1. The minimum Gasteiger partial charge on any atom is -0.382 e. The molecule has 2 fully saturated rings. The van der Waals surface area contributed by atoms with Gasteiger partial charge in [0, 0.05) is 62.4 Å². The van der Waals surface area contributed by atoms with Gasteiger partial charge < -0.3 is 15.0 Å². The highest BCUT2D eigenvalue weighted by atomic mass is 16.5. The zero-order valence-electron chi connectivity index (χ0n) is 21.7. The van der Waals surface area contributed by atoms with Crippen LogP contribution in [-0.2, 0) is 4.74 Å². The van der Waals surface area contributed by atoms with Gasteiger partial charge in [0.2, 0.25) is 0 Å². The van der Waals surface area contributed by atoms with Crippen molar-refractivity contribution in [2.24, 2.45) is 11.3 Å². The van der Waals surface area contributed by atoms with Crippen molar-refractivity contribution in [2.45, 2.75) is 78.7 Å². The number of allylic oxidation sites excluding steroid dienone is 2. The fourth-order valence-electron chi connectivity index (χ4n) is 5.69. The molecule has 1 atom stereocenters. The number of hydrogen-bond acceptors (Lipinski definition) is 4. The molecule has 1 aromatic rings. The van der Waals surface area contributed by atoms with Crippen LogP contribution in [0.2, 0.25) is 0 Å². The molecule has 4 heteroatoms. The van der Waals surface area contributed by atoms with E-state index in [0.717, 1.165) is 45.1 Å². The smallest absolute Gasteiger partial charge is 0.0485 e. The average Bonchev–Trinajstić information content (AvgIpc) is 2.83. The summed E-state index contributed by atoms with van der Waals surface area (Å²) < 4.78 is 5.56. The highest BCUT2D eigenvalue weighted by molar-refractivity contribution is 5.80. The first-order valence-corrected chi connectivity index (χ1v) is 13.6. The van der Waals surface area contributed by atoms with E-state index in [0.29, 0.717) is 11.5 Å². The van der Waals surface area contributed by atoms with Gasteiger partial charge in [-0.1, -0.05) is 46.3 Å². The van der Waals surface area contributed by atoms with Gasteiger partial charge in [-0.2, -0.15) is 0 Å². The SMILES string of the molecule is CCCCN1CCN(c2cc(NC3CCOCC3)ccc2C2=CCC(C(C)(C)C)CC2)CC1. The molecule has 3 aliphatic rings. The van der Waals surface area contributed by atoms with E-state index >= 15 is 0 Å². The Bertz CT molecular complexity index is 783. The number of anilines is 2. The van der Waals surface area contributed by atoms with Gasteiger partial charge in [0.1, 0.15) is 0 Å². The Balaban J connectivity index is 1.53. The highest BCUT2D eigenvalue weighted by Crippen LogP contribution is 2.42. The van der Waals surface area contributed by atoms with E-state index < -0.39 is 0 Å². The molecular weight excluding hydrogens is 406 g/mol. The van der Waals surface area contributed by atoms with Crippen molar-refractivity contribution in [1.82, 2.24) is 4.90 Å². The van der Waals surface area contributed by atoms with E-state index in [4.69, 9.17) is 4.74 Å². The first kappa shape index (κ1) is 24.6. The summed E-state index contributed by atoms with van der Waals surface area (Å²) in [5.41, 5.74) is 6.16. The van der Waals surface area contributed by atoms with Crippen LogP contribution in [0, 0.1) is 11.3 Å². The lowest BCUT2D eigenvalue weighted by atomic mass is 9.72. The first-order valence-electron chi connectivity index (χ1n) is 13.6. The minimum atomic E-state index is 0.400. The van der Waals surface area contributed by atoms with Crippen molar-refractivity contribution >= 4 is 16.9 Å². The standard InChI is InChI=1S/C29H47N3O/c1-5-6-15-31-16-18-32(19-17-31)28-22-26(30-25-13-20-33-21-14-25)11-12-27(28)23-7-9-24(10-8-23)29(2,3)4/h7,11-12,22,24-25,30H,5-6,8-10,13-21H2,1-4H3. The molecular formula is C29H47N3O. The van der Waals surface area contributed by atoms with E-state index in [2.05, 4.69) is 67.1 Å². The van der Waals surface area contributed by atoms with Crippen molar-refractivity contribution in [3.05, 3.63) is 29.8 Å². The maximum Gasteiger partial charge on any atom is 0.0485 e. The largest absolute Gasteiger partial charge is 0.382 e. The van der Waals surface area contributed by atoms with E-state index in [1.54, 1.807) is 5.57 Å². The molecule has 33 heavy (non-hydrogen) atoms. The number of piperazine rings is 1. The van der Waals surface area contributed by atoms with Crippen molar-refractivity contribution in [2.75, 3.05) is 56.2 Å². The molecule has 184 valence electrons. The summed E-state index contributed by atoms with van der Waals surface area (Å²) in [7, 11) is 0. The van der Waals surface area contributed by atoms with Gasteiger partial charge in [-0.15, -0.1) is 0 Å². The molecule has 0 radical (unpaired) electrons. The Morgan fingerprint density at radius 2 is 1.79 bits per heavy atom. The number of nitrogens with zero attached hydrogens (tertiary/aromatic N) is 2. The Morgan fingerprint density at radius 3 is 2.42 bits per heavy atom. The van der Waals surface area contributed by atoms with Gasteiger partial charge in [-0.25, -0.2) is 0 Å². The Kier molecular flexibility index (Phi) is 8.40. The minimum absolute atomic E-state index is 0.400. The van der Waals surface area contributed by atoms with Gasteiger partial charge >= 0.3 is 0 Å². The summed E-state index contributed by atoms with van der Waals surface area (Å²) in [4.78, 5) is 5.31. The second-order valence-corrected chi connectivity index (χ2v) is 11.5. The number of ether oxygens (including phenoxy) is 1. The summed E-state index contributed by atoms with van der Waals surface area (Å²) in [6.07, 6.45) is 11.1. The third kappa shape index (κ3) is 6.54. The lowest BCUT2D eigenvalue weighted by Gasteiger charge is -2.38. The molecule has 0 bridgehead atoms. The quantitative estimate of drug-likeness (QED) is 0.515. The summed E-state index contributed by atoms with van der Waals surface area (Å²) in [5, 5.41) is 3.82. The normalized spacial score (nSPS) is 23.5. The number of nitrogens with one attached hydrogen (secondary N) is 1. The van der Waals surface area contributed by atoms with Gasteiger partial charge in [0.05, 0.1) is 0 Å². The van der Waals surface area contributed by atoms with Crippen molar-refractivity contribution in [3.63, 3.8) is 0 Å². The Hall–Kier alpha value is -1.52. The first-order chi connectivity index (χ1) is 15.9. The molecule has 0 aromatic heterocycles. The monoisotopic (exact) mass is 453 g/mol. The average molecular weight is 454 g/mol. The molecule has 1 aromatic carbocycles. The van der Waals surface area contributed by atoms with Gasteiger partial charge in [0.15, 0.2) is 0 Å². The van der Waals surface area contributed by atoms with Crippen LogP contribution in [0.1, 0.15) is 78.2 Å². The molecule has 2 aliphatic heterocycles. The van der Waals surface area contributed by atoms with E-state index in [1.165, 1.54) is 68.7 Å². The van der Waals surface area contributed by atoms with Crippen LogP contribution in [0.5, 0.6) is 0 Å².